The number of benzene rings is 1. The highest BCUT2D eigenvalue weighted by Gasteiger charge is 2.16. The highest BCUT2D eigenvalue weighted by Crippen LogP contribution is 2.19. The summed E-state index contributed by atoms with van der Waals surface area (Å²) in [6.45, 7) is 0. The summed E-state index contributed by atoms with van der Waals surface area (Å²) in [7, 11) is 0. The first-order valence-electron chi connectivity index (χ1n) is 8.25. The Hall–Kier alpha value is -2.23. The number of pyridine rings is 1. The van der Waals surface area contributed by atoms with E-state index < -0.39 is 0 Å². The van der Waals surface area contributed by atoms with Gasteiger partial charge in [0.05, 0.1) is 11.3 Å². The van der Waals surface area contributed by atoms with Crippen LogP contribution >= 0.6 is 0 Å². The summed E-state index contributed by atoms with van der Waals surface area (Å²) < 4.78 is 13.0. The van der Waals surface area contributed by atoms with E-state index in [1.807, 2.05) is 0 Å². The number of nitrogens with one attached hydrogen (secondary N) is 1. The van der Waals surface area contributed by atoms with Crippen LogP contribution in [0, 0.1) is 5.82 Å². The first-order valence-corrected chi connectivity index (χ1v) is 8.25. The minimum atomic E-state index is -0.270. The first-order chi connectivity index (χ1) is 11.2. The van der Waals surface area contributed by atoms with Crippen molar-refractivity contribution in [1.82, 2.24) is 10.3 Å². The minimum Gasteiger partial charge on any atom is -0.349 e. The fourth-order valence-electron chi connectivity index (χ4n) is 3.01. The Kier molecular flexibility index (Phi) is 5.01. The number of halogens is 1. The number of carbonyl (C=O) groups excluding carboxylic acids is 1. The van der Waals surface area contributed by atoms with Crippen molar-refractivity contribution in [3.05, 3.63) is 54.0 Å². The molecule has 1 fully saturated rings. The van der Waals surface area contributed by atoms with E-state index in [2.05, 4.69) is 10.3 Å². The Morgan fingerprint density at radius 2 is 1.70 bits per heavy atom. The van der Waals surface area contributed by atoms with E-state index in [9.17, 15) is 9.18 Å². The van der Waals surface area contributed by atoms with Gasteiger partial charge in [-0.2, -0.15) is 0 Å². The molecule has 0 unspecified atom stereocenters. The molecule has 1 aliphatic rings. The smallest absolute Gasteiger partial charge is 0.253 e. The fourth-order valence-corrected chi connectivity index (χ4v) is 3.01. The molecule has 1 aromatic heterocycles. The molecule has 1 N–H and O–H groups in total. The Morgan fingerprint density at radius 1 is 1.00 bits per heavy atom. The van der Waals surface area contributed by atoms with E-state index in [4.69, 9.17) is 0 Å². The molecule has 2 aromatic rings. The number of hydrogen-bond donors (Lipinski definition) is 1. The largest absolute Gasteiger partial charge is 0.349 e. The van der Waals surface area contributed by atoms with Crippen molar-refractivity contribution in [3.8, 4) is 11.3 Å². The third-order valence-electron chi connectivity index (χ3n) is 4.36. The van der Waals surface area contributed by atoms with Crippen LogP contribution < -0.4 is 5.32 Å². The van der Waals surface area contributed by atoms with Crippen molar-refractivity contribution in [1.29, 1.82) is 0 Å². The summed E-state index contributed by atoms with van der Waals surface area (Å²) in [6, 6.07) is 10.0. The molecule has 120 valence electrons. The summed E-state index contributed by atoms with van der Waals surface area (Å²) in [5.74, 6) is -0.330. The molecule has 0 saturated heterocycles. The molecule has 0 aliphatic heterocycles. The Bertz CT molecular complexity index is 644. The normalized spacial score (nSPS) is 15.9. The molecule has 1 heterocycles. The standard InChI is InChI=1S/C19H21FN2O/c20-16-10-7-14(8-11-16)18-12-9-15(13-21-18)19(23)22-17-5-3-1-2-4-6-17/h7-13,17H,1-6H2,(H,22,23). The summed E-state index contributed by atoms with van der Waals surface area (Å²) in [4.78, 5) is 16.6. The van der Waals surface area contributed by atoms with Crippen LogP contribution in [-0.2, 0) is 0 Å². The highest BCUT2D eigenvalue weighted by atomic mass is 19.1. The molecule has 0 atom stereocenters. The Balaban J connectivity index is 1.66. The predicted molar refractivity (Wildman–Crippen MR) is 88.6 cm³/mol. The zero-order valence-corrected chi connectivity index (χ0v) is 13.1. The molecule has 1 aromatic carbocycles. The number of carbonyl (C=O) groups is 1. The van der Waals surface area contributed by atoms with Crippen LogP contribution in [0.3, 0.4) is 0 Å². The second-order valence-corrected chi connectivity index (χ2v) is 6.10. The van der Waals surface area contributed by atoms with Gasteiger partial charge in [0, 0.05) is 17.8 Å². The predicted octanol–water partition coefficient (Wildman–Crippen LogP) is 4.34. The quantitative estimate of drug-likeness (QED) is 0.857. The summed E-state index contributed by atoms with van der Waals surface area (Å²) in [6.07, 6.45) is 8.62. The van der Waals surface area contributed by atoms with Gasteiger partial charge in [0.15, 0.2) is 0 Å². The molecule has 3 rings (SSSR count). The number of nitrogens with zero attached hydrogens (tertiary/aromatic N) is 1. The number of aromatic nitrogens is 1. The maximum absolute atomic E-state index is 13.0. The van der Waals surface area contributed by atoms with Crippen LogP contribution in [0.4, 0.5) is 4.39 Å². The molecule has 4 heteroatoms. The fraction of sp³-hybridized carbons (Fsp3) is 0.368. The van der Waals surface area contributed by atoms with Crippen molar-refractivity contribution in [2.45, 2.75) is 44.6 Å². The molecule has 0 bridgehead atoms. The Labute approximate surface area is 135 Å². The van der Waals surface area contributed by atoms with E-state index in [0.717, 1.165) is 24.1 Å². The maximum atomic E-state index is 13.0. The van der Waals surface area contributed by atoms with E-state index in [-0.39, 0.29) is 17.8 Å². The molecule has 1 amide bonds. The molecular formula is C19H21FN2O. The molecule has 0 spiro atoms. The van der Waals surface area contributed by atoms with Crippen LogP contribution in [-0.4, -0.2) is 16.9 Å². The van der Waals surface area contributed by atoms with E-state index >= 15 is 0 Å². The van der Waals surface area contributed by atoms with Gasteiger partial charge in [-0.05, 0) is 49.2 Å². The number of amides is 1. The van der Waals surface area contributed by atoms with Gasteiger partial charge >= 0.3 is 0 Å². The molecule has 1 saturated carbocycles. The zero-order chi connectivity index (χ0) is 16.1. The second-order valence-electron chi connectivity index (χ2n) is 6.10. The van der Waals surface area contributed by atoms with Gasteiger partial charge in [0.2, 0.25) is 0 Å². The van der Waals surface area contributed by atoms with Crippen LogP contribution in [0.2, 0.25) is 0 Å². The average molecular weight is 312 g/mol. The van der Waals surface area contributed by atoms with Gasteiger partial charge in [-0.15, -0.1) is 0 Å². The van der Waals surface area contributed by atoms with Gasteiger partial charge in [0.1, 0.15) is 5.82 Å². The lowest BCUT2D eigenvalue weighted by Crippen LogP contribution is -2.34. The third-order valence-corrected chi connectivity index (χ3v) is 4.36. The van der Waals surface area contributed by atoms with Crippen molar-refractivity contribution >= 4 is 5.91 Å². The van der Waals surface area contributed by atoms with E-state index in [1.165, 1.54) is 37.8 Å². The third kappa shape index (κ3) is 4.15. The van der Waals surface area contributed by atoms with E-state index in [0.29, 0.717) is 5.56 Å². The highest BCUT2D eigenvalue weighted by molar-refractivity contribution is 5.94. The second kappa shape index (κ2) is 7.36. The van der Waals surface area contributed by atoms with E-state index in [1.54, 1.807) is 30.5 Å². The van der Waals surface area contributed by atoms with Crippen LogP contribution in [0.25, 0.3) is 11.3 Å². The van der Waals surface area contributed by atoms with Gasteiger partial charge < -0.3 is 5.32 Å². The monoisotopic (exact) mass is 312 g/mol. The SMILES string of the molecule is O=C(NC1CCCCCC1)c1ccc(-c2ccc(F)cc2)nc1. The molecule has 3 nitrogen and oxygen atoms in total. The zero-order valence-electron chi connectivity index (χ0n) is 13.1. The molecule has 23 heavy (non-hydrogen) atoms. The van der Waals surface area contributed by atoms with Gasteiger partial charge in [-0.3, -0.25) is 9.78 Å². The number of rotatable bonds is 3. The van der Waals surface area contributed by atoms with Crippen molar-refractivity contribution in [3.63, 3.8) is 0 Å². The maximum Gasteiger partial charge on any atom is 0.253 e. The minimum absolute atomic E-state index is 0.0601. The topological polar surface area (TPSA) is 42.0 Å². The lowest BCUT2D eigenvalue weighted by Gasteiger charge is -2.16. The van der Waals surface area contributed by atoms with Gasteiger partial charge in [-0.1, -0.05) is 25.7 Å². The number of hydrogen-bond acceptors (Lipinski definition) is 2. The van der Waals surface area contributed by atoms with Crippen molar-refractivity contribution in [2.24, 2.45) is 0 Å². The average Bonchev–Trinajstić information content (AvgIpc) is 2.84. The lowest BCUT2D eigenvalue weighted by atomic mass is 10.1. The van der Waals surface area contributed by atoms with Gasteiger partial charge in [0.25, 0.3) is 5.91 Å². The molecular weight excluding hydrogens is 291 g/mol. The van der Waals surface area contributed by atoms with Crippen LogP contribution in [0.15, 0.2) is 42.6 Å². The van der Waals surface area contributed by atoms with Crippen molar-refractivity contribution in [2.75, 3.05) is 0 Å². The summed E-state index contributed by atoms with van der Waals surface area (Å²) >= 11 is 0. The molecule has 1 aliphatic carbocycles. The van der Waals surface area contributed by atoms with Crippen molar-refractivity contribution < 1.29 is 9.18 Å². The summed E-state index contributed by atoms with van der Waals surface area (Å²) in [5.41, 5.74) is 2.14. The Morgan fingerprint density at radius 3 is 2.30 bits per heavy atom. The van der Waals surface area contributed by atoms with Crippen LogP contribution in [0.1, 0.15) is 48.9 Å². The first kappa shape index (κ1) is 15.7. The summed E-state index contributed by atoms with van der Waals surface area (Å²) in [5, 5.41) is 3.11. The molecule has 0 radical (unpaired) electrons. The van der Waals surface area contributed by atoms with Gasteiger partial charge in [-0.25, -0.2) is 4.39 Å². The van der Waals surface area contributed by atoms with Crippen LogP contribution in [0.5, 0.6) is 0 Å². The lowest BCUT2D eigenvalue weighted by molar-refractivity contribution is 0.0933.